The molecule has 1 rings (SSSR count). The molecule has 0 radical (unpaired) electrons. The zero-order chi connectivity index (χ0) is 12.7. The van der Waals surface area contributed by atoms with Crippen LogP contribution < -0.4 is 5.32 Å². The molecule has 94 valence electrons. The van der Waals surface area contributed by atoms with E-state index in [1.807, 2.05) is 38.1 Å². The van der Waals surface area contributed by atoms with Crippen LogP contribution in [0.3, 0.4) is 0 Å². The van der Waals surface area contributed by atoms with Gasteiger partial charge in [-0.2, -0.15) is 0 Å². The summed E-state index contributed by atoms with van der Waals surface area (Å²) in [6.07, 6.45) is 1.79. The van der Waals surface area contributed by atoms with Gasteiger partial charge in [-0.3, -0.25) is 4.79 Å². The summed E-state index contributed by atoms with van der Waals surface area (Å²) in [5.74, 6) is 0.814. The zero-order valence-corrected chi connectivity index (χ0v) is 11.3. The van der Waals surface area contributed by atoms with Crippen LogP contribution in [-0.2, 0) is 17.2 Å². The second kappa shape index (κ2) is 7.33. The number of rotatable bonds is 6. The highest BCUT2D eigenvalue weighted by Gasteiger charge is 2.12. The van der Waals surface area contributed by atoms with Crippen LogP contribution in [0.2, 0.25) is 0 Å². The van der Waals surface area contributed by atoms with Gasteiger partial charge in [-0.15, -0.1) is 11.6 Å². The van der Waals surface area contributed by atoms with E-state index in [0.29, 0.717) is 12.4 Å². The Morgan fingerprint density at radius 2 is 1.71 bits per heavy atom. The van der Waals surface area contributed by atoms with E-state index in [0.717, 1.165) is 24.0 Å². The zero-order valence-electron chi connectivity index (χ0n) is 10.5. The molecule has 2 nitrogen and oxygen atoms in total. The molecule has 1 aromatic carbocycles. The van der Waals surface area contributed by atoms with Crippen molar-refractivity contribution in [1.29, 1.82) is 0 Å². The lowest BCUT2D eigenvalue weighted by molar-refractivity contribution is -0.125. The Hall–Kier alpha value is -1.02. The van der Waals surface area contributed by atoms with E-state index in [2.05, 4.69) is 5.32 Å². The van der Waals surface area contributed by atoms with Crippen molar-refractivity contribution in [2.24, 2.45) is 5.92 Å². The molecule has 3 heteroatoms. The van der Waals surface area contributed by atoms with Gasteiger partial charge in [-0.25, -0.2) is 0 Å². The Labute approximate surface area is 108 Å². The number of carbonyl (C=O) groups is 1. The van der Waals surface area contributed by atoms with Gasteiger partial charge in [-0.05, 0) is 24.0 Å². The lowest BCUT2D eigenvalue weighted by atomic mass is 10.0. The molecule has 0 saturated carbocycles. The maximum atomic E-state index is 11.8. The Kier molecular flexibility index (Phi) is 6.06. The van der Waals surface area contributed by atoms with Crippen LogP contribution >= 0.6 is 11.6 Å². The first-order chi connectivity index (χ1) is 8.21. The highest BCUT2D eigenvalue weighted by Crippen LogP contribution is 2.09. The highest BCUT2D eigenvalue weighted by molar-refractivity contribution is 6.17. The molecule has 0 aliphatic heterocycles. The van der Waals surface area contributed by atoms with E-state index in [9.17, 15) is 4.79 Å². The lowest BCUT2D eigenvalue weighted by Gasteiger charge is -2.12. The second-order valence-electron chi connectivity index (χ2n) is 4.18. The normalized spacial score (nSPS) is 10.6. The minimum Gasteiger partial charge on any atom is -0.352 e. The topological polar surface area (TPSA) is 29.1 Å². The van der Waals surface area contributed by atoms with Gasteiger partial charge in [-0.1, -0.05) is 38.1 Å². The molecule has 0 aliphatic rings. The van der Waals surface area contributed by atoms with E-state index in [1.165, 1.54) is 0 Å². The van der Waals surface area contributed by atoms with Gasteiger partial charge < -0.3 is 5.32 Å². The Morgan fingerprint density at radius 3 is 2.18 bits per heavy atom. The molecule has 0 spiro atoms. The lowest BCUT2D eigenvalue weighted by Crippen LogP contribution is -2.29. The fraction of sp³-hybridized carbons (Fsp3) is 0.500. The number of halogens is 1. The van der Waals surface area contributed by atoms with E-state index >= 15 is 0 Å². The van der Waals surface area contributed by atoms with Gasteiger partial charge >= 0.3 is 0 Å². The molecule has 0 aliphatic carbocycles. The average Bonchev–Trinajstić information content (AvgIpc) is 2.38. The van der Waals surface area contributed by atoms with Crippen molar-refractivity contribution in [2.45, 2.75) is 39.1 Å². The Morgan fingerprint density at radius 1 is 1.18 bits per heavy atom. The number of benzene rings is 1. The maximum Gasteiger partial charge on any atom is 0.223 e. The molecule has 0 aromatic heterocycles. The number of hydrogen-bond donors (Lipinski definition) is 1. The van der Waals surface area contributed by atoms with Crippen LogP contribution in [0.4, 0.5) is 0 Å². The van der Waals surface area contributed by atoms with Crippen molar-refractivity contribution >= 4 is 17.5 Å². The number of hydrogen-bond acceptors (Lipinski definition) is 1. The van der Waals surface area contributed by atoms with E-state index in [-0.39, 0.29) is 11.8 Å². The standard InChI is InChI=1S/C14H20ClNO/c1-3-13(4-2)14(17)16-10-12-7-5-11(9-15)6-8-12/h5-8,13H,3-4,9-10H2,1-2H3,(H,16,17). The summed E-state index contributed by atoms with van der Waals surface area (Å²) < 4.78 is 0. The Balaban J connectivity index is 2.46. The number of carbonyl (C=O) groups excluding carboxylic acids is 1. The number of amides is 1. The third kappa shape index (κ3) is 4.39. The van der Waals surface area contributed by atoms with Crippen molar-refractivity contribution in [3.63, 3.8) is 0 Å². The van der Waals surface area contributed by atoms with Crippen LogP contribution in [0.15, 0.2) is 24.3 Å². The van der Waals surface area contributed by atoms with Gasteiger partial charge in [0.05, 0.1) is 0 Å². The molecule has 0 unspecified atom stereocenters. The van der Waals surface area contributed by atoms with Crippen molar-refractivity contribution in [3.05, 3.63) is 35.4 Å². The molecule has 0 atom stereocenters. The van der Waals surface area contributed by atoms with Gasteiger partial charge in [0.1, 0.15) is 0 Å². The first-order valence-electron chi connectivity index (χ1n) is 6.12. The molecule has 0 saturated heterocycles. The minimum atomic E-state index is 0.136. The summed E-state index contributed by atoms with van der Waals surface area (Å²) in [6, 6.07) is 7.99. The molecule has 0 fully saturated rings. The summed E-state index contributed by atoms with van der Waals surface area (Å²) in [5.41, 5.74) is 2.21. The maximum absolute atomic E-state index is 11.8. The molecule has 0 heterocycles. The number of nitrogens with one attached hydrogen (secondary N) is 1. The fourth-order valence-electron chi connectivity index (χ4n) is 1.74. The van der Waals surface area contributed by atoms with E-state index in [4.69, 9.17) is 11.6 Å². The third-order valence-electron chi connectivity index (χ3n) is 3.00. The van der Waals surface area contributed by atoms with Gasteiger partial charge in [0.15, 0.2) is 0 Å². The van der Waals surface area contributed by atoms with Gasteiger partial charge in [0.25, 0.3) is 0 Å². The first kappa shape index (κ1) is 14.0. The SMILES string of the molecule is CCC(CC)C(=O)NCc1ccc(CCl)cc1. The summed E-state index contributed by atoms with van der Waals surface area (Å²) in [6.45, 7) is 4.68. The third-order valence-corrected chi connectivity index (χ3v) is 3.31. The predicted molar refractivity (Wildman–Crippen MR) is 71.9 cm³/mol. The largest absolute Gasteiger partial charge is 0.352 e. The smallest absolute Gasteiger partial charge is 0.223 e. The van der Waals surface area contributed by atoms with Crippen molar-refractivity contribution in [1.82, 2.24) is 5.32 Å². The van der Waals surface area contributed by atoms with Gasteiger partial charge in [0, 0.05) is 18.3 Å². The fourth-order valence-corrected chi connectivity index (χ4v) is 1.92. The van der Waals surface area contributed by atoms with Crippen molar-refractivity contribution < 1.29 is 4.79 Å². The predicted octanol–water partition coefficient (Wildman–Crippen LogP) is 3.48. The molecule has 1 N–H and O–H groups in total. The van der Waals surface area contributed by atoms with Crippen molar-refractivity contribution in [2.75, 3.05) is 0 Å². The molecular formula is C14H20ClNO. The van der Waals surface area contributed by atoms with Crippen molar-refractivity contribution in [3.8, 4) is 0 Å². The van der Waals surface area contributed by atoms with E-state index in [1.54, 1.807) is 0 Å². The van der Waals surface area contributed by atoms with Crippen LogP contribution in [0.25, 0.3) is 0 Å². The molecule has 1 aromatic rings. The quantitative estimate of drug-likeness (QED) is 0.773. The second-order valence-corrected chi connectivity index (χ2v) is 4.45. The van der Waals surface area contributed by atoms with Crippen LogP contribution in [-0.4, -0.2) is 5.91 Å². The van der Waals surface area contributed by atoms with Gasteiger partial charge in [0.2, 0.25) is 5.91 Å². The first-order valence-corrected chi connectivity index (χ1v) is 6.66. The number of alkyl halides is 1. The minimum absolute atomic E-state index is 0.136. The summed E-state index contributed by atoms with van der Waals surface area (Å²) in [4.78, 5) is 11.8. The van der Waals surface area contributed by atoms with E-state index < -0.39 is 0 Å². The average molecular weight is 254 g/mol. The summed E-state index contributed by atoms with van der Waals surface area (Å²) in [5, 5.41) is 2.97. The Bertz CT molecular complexity index is 344. The van der Waals surface area contributed by atoms with Crippen LogP contribution in [0.5, 0.6) is 0 Å². The molecular weight excluding hydrogens is 234 g/mol. The molecule has 1 amide bonds. The highest BCUT2D eigenvalue weighted by atomic mass is 35.5. The van der Waals surface area contributed by atoms with Crippen LogP contribution in [0, 0.1) is 5.92 Å². The van der Waals surface area contributed by atoms with Crippen LogP contribution in [0.1, 0.15) is 37.8 Å². The summed E-state index contributed by atoms with van der Waals surface area (Å²) in [7, 11) is 0. The summed E-state index contributed by atoms with van der Waals surface area (Å²) >= 11 is 5.72. The molecule has 17 heavy (non-hydrogen) atoms. The molecule has 0 bridgehead atoms. The monoisotopic (exact) mass is 253 g/mol.